The predicted molar refractivity (Wildman–Crippen MR) is 84.5 cm³/mol. The van der Waals surface area contributed by atoms with Crippen LogP contribution in [0.15, 0.2) is 53.4 Å². The van der Waals surface area contributed by atoms with Gasteiger partial charge in [-0.2, -0.15) is 8.42 Å². The van der Waals surface area contributed by atoms with E-state index in [0.717, 1.165) is 11.1 Å². The lowest BCUT2D eigenvalue weighted by molar-refractivity contribution is 0.481. The highest BCUT2D eigenvalue weighted by atomic mass is 35.5. The molecular formula is C15H14Cl2O3S. The van der Waals surface area contributed by atoms with Gasteiger partial charge in [-0.25, -0.2) is 0 Å². The summed E-state index contributed by atoms with van der Waals surface area (Å²) in [5.41, 5.74) is 1.85. The molecule has 0 unspecified atom stereocenters. The quantitative estimate of drug-likeness (QED) is 0.670. The minimum Gasteiger partial charge on any atom is -0.282 e. The predicted octanol–water partition coefficient (Wildman–Crippen LogP) is 4.11. The summed E-state index contributed by atoms with van der Waals surface area (Å²) in [5.74, 6) is 0. The summed E-state index contributed by atoms with van der Waals surface area (Å²) in [7, 11) is -4.39. The van der Waals surface area contributed by atoms with Crippen molar-refractivity contribution in [2.45, 2.75) is 22.6 Å². The van der Waals surface area contributed by atoms with Crippen LogP contribution < -0.4 is 0 Å². The van der Waals surface area contributed by atoms with Crippen molar-refractivity contribution in [1.82, 2.24) is 0 Å². The van der Waals surface area contributed by atoms with Crippen molar-refractivity contribution >= 4 is 33.3 Å². The van der Waals surface area contributed by atoms with Crippen molar-refractivity contribution in [1.29, 1.82) is 0 Å². The SMILES string of the molecule is Cc1ccc(S(=O)(=O)O)c(C(Cl)(Cl)Cc2ccccc2)c1. The second-order valence-corrected chi connectivity index (χ2v) is 7.72. The van der Waals surface area contributed by atoms with Crippen molar-refractivity contribution in [3.05, 3.63) is 65.2 Å². The lowest BCUT2D eigenvalue weighted by Gasteiger charge is -2.23. The topological polar surface area (TPSA) is 54.4 Å². The van der Waals surface area contributed by atoms with E-state index < -0.39 is 14.5 Å². The molecule has 0 amide bonds. The molecule has 3 nitrogen and oxygen atoms in total. The molecule has 0 radical (unpaired) electrons. The Bertz CT molecular complexity index is 741. The molecule has 2 rings (SSSR count). The van der Waals surface area contributed by atoms with Crippen LogP contribution in [0.4, 0.5) is 0 Å². The first kappa shape index (κ1) is 16.3. The van der Waals surface area contributed by atoms with E-state index in [2.05, 4.69) is 0 Å². The molecule has 2 aromatic carbocycles. The molecule has 6 heteroatoms. The maximum absolute atomic E-state index is 11.5. The molecule has 0 saturated heterocycles. The van der Waals surface area contributed by atoms with Gasteiger partial charge in [0.1, 0.15) is 9.23 Å². The number of hydrogen-bond acceptors (Lipinski definition) is 2. The summed E-state index contributed by atoms with van der Waals surface area (Å²) in [6.45, 7) is 1.80. The van der Waals surface area contributed by atoms with Crippen LogP contribution in [0, 0.1) is 6.92 Å². The molecule has 1 N–H and O–H groups in total. The molecule has 0 aromatic heterocycles. The van der Waals surface area contributed by atoms with Gasteiger partial charge < -0.3 is 0 Å². The van der Waals surface area contributed by atoms with Gasteiger partial charge in [0.25, 0.3) is 10.1 Å². The number of halogens is 2. The van der Waals surface area contributed by atoms with Gasteiger partial charge in [0, 0.05) is 12.0 Å². The third kappa shape index (κ3) is 3.98. The van der Waals surface area contributed by atoms with Crippen LogP contribution in [0.2, 0.25) is 0 Å². The first-order chi connectivity index (χ1) is 9.70. The van der Waals surface area contributed by atoms with Gasteiger partial charge in [0.15, 0.2) is 0 Å². The van der Waals surface area contributed by atoms with Gasteiger partial charge in [-0.3, -0.25) is 4.55 Å². The summed E-state index contributed by atoms with van der Waals surface area (Å²) in [4.78, 5) is -0.269. The number of benzene rings is 2. The molecule has 0 fully saturated rings. The Morgan fingerprint density at radius 2 is 1.71 bits per heavy atom. The first-order valence-electron chi connectivity index (χ1n) is 6.20. The summed E-state index contributed by atoms with van der Waals surface area (Å²) in [6.07, 6.45) is 0.225. The first-order valence-corrected chi connectivity index (χ1v) is 8.40. The molecule has 0 bridgehead atoms. The van der Waals surface area contributed by atoms with Crippen LogP contribution >= 0.6 is 23.2 Å². The van der Waals surface area contributed by atoms with E-state index in [9.17, 15) is 13.0 Å². The van der Waals surface area contributed by atoms with Crippen molar-refractivity contribution in [3.8, 4) is 0 Å². The van der Waals surface area contributed by atoms with E-state index in [4.69, 9.17) is 23.2 Å². The van der Waals surface area contributed by atoms with E-state index in [1.807, 2.05) is 30.3 Å². The Kier molecular flexibility index (Phi) is 4.63. The fourth-order valence-electron chi connectivity index (χ4n) is 2.10. The number of aryl methyl sites for hydroxylation is 1. The third-order valence-electron chi connectivity index (χ3n) is 3.08. The number of alkyl halides is 2. The average Bonchev–Trinajstić information content (AvgIpc) is 2.38. The van der Waals surface area contributed by atoms with Crippen molar-refractivity contribution in [2.24, 2.45) is 0 Å². The molecule has 0 aliphatic heterocycles. The molecule has 0 heterocycles. The van der Waals surface area contributed by atoms with E-state index in [0.29, 0.717) is 0 Å². The maximum atomic E-state index is 11.5. The molecule has 21 heavy (non-hydrogen) atoms. The van der Waals surface area contributed by atoms with Crippen LogP contribution in [-0.4, -0.2) is 13.0 Å². The Balaban J connectivity index is 2.51. The highest BCUT2D eigenvalue weighted by molar-refractivity contribution is 7.85. The van der Waals surface area contributed by atoms with Gasteiger partial charge >= 0.3 is 0 Å². The largest absolute Gasteiger partial charge is 0.294 e. The minimum absolute atomic E-state index is 0.178. The third-order valence-corrected chi connectivity index (χ3v) is 4.66. The molecule has 0 aliphatic carbocycles. The molecular weight excluding hydrogens is 331 g/mol. The maximum Gasteiger partial charge on any atom is 0.294 e. The van der Waals surface area contributed by atoms with E-state index >= 15 is 0 Å². The van der Waals surface area contributed by atoms with Crippen LogP contribution in [0.3, 0.4) is 0 Å². The van der Waals surface area contributed by atoms with Crippen molar-refractivity contribution in [2.75, 3.05) is 0 Å². The van der Waals surface area contributed by atoms with Gasteiger partial charge in [-0.15, -0.1) is 0 Å². The molecule has 0 aliphatic rings. The lowest BCUT2D eigenvalue weighted by Crippen LogP contribution is -2.18. The summed E-state index contributed by atoms with van der Waals surface area (Å²) in [6, 6.07) is 13.7. The fourth-order valence-corrected chi connectivity index (χ4v) is 3.59. The van der Waals surface area contributed by atoms with Crippen LogP contribution in [0.1, 0.15) is 16.7 Å². The standard InChI is InChI=1S/C15H14Cl2O3S/c1-11-7-8-14(21(18,19)20)13(9-11)15(16,17)10-12-5-3-2-4-6-12/h2-9H,10H2,1H3,(H,18,19,20). The van der Waals surface area contributed by atoms with Crippen LogP contribution in [0.25, 0.3) is 0 Å². The number of hydrogen-bond donors (Lipinski definition) is 1. The molecule has 112 valence electrons. The fraction of sp³-hybridized carbons (Fsp3) is 0.200. The Morgan fingerprint density at radius 1 is 1.10 bits per heavy atom. The Morgan fingerprint density at radius 3 is 2.29 bits per heavy atom. The summed E-state index contributed by atoms with van der Waals surface area (Å²) in [5, 5.41) is 0. The smallest absolute Gasteiger partial charge is 0.282 e. The monoisotopic (exact) mass is 344 g/mol. The van der Waals surface area contributed by atoms with Crippen molar-refractivity contribution < 1.29 is 13.0 Å². The summed E-state index contributed by atoms with van der Waals surface area (Å²) >= 11 is 12.7. The van der Waals surface area contributed by atoms with E-state index in [1.54, 1.807) is 19.1 Å². The van der Waals surface area contributed by atoms with Gasteiger partial charge in [0.05, 0.1) is 0 Å². The molecule has 2 aromatic rings. The average molecular weight is 345 g/mol. The normalized spacial score (nSPS) is 12.4. The van der Waals surface area contributed by atoms with E-state index in [-0.39, 0.29) is 16.9 Å². The Hall–Kier alpha value is -1.07. The van der Waals surface area contributed by atoms with Crippen LogP contribution in [0.5, 0.6) is 0 Å². The number of rotatable bonds is 4. The molecule has 0 spiro atoms. The Labute approximate surface area is 134 Å². The van der Waals surface area contributed by atoms with Gasteiger partial charge in [-0.05, 0) is 18.6 Å². The highest BCUT2D eigenvalue weighted by Crippen LogP contribution is 2.41. The second kappa shape index (κ2) is 5.97. The molecule has 0 saturated carbocycles. The van der Waals surface area contributed by atoms with Crippen molar-refractivity contribution in [3.63, 3.8) is 0 Å². The van der Waals surface area contributed by atoms with Crippen LogP contribution in [-0.2, 0) is 20.9 Å². The zero-order valence-corrected chi connectivity index (χ0v) is 13.6. The molecule has 0 atom stereocenters. The van der Waals surface area contributed by atoms with E-state index in [1.165, 1.54) is 6.07 Å². The zero-order chi connectivity index (χ0) is 15.7. The zero-order valence-electron chi connectivity index (χ0n) is 11.3. The second-order valence-electron chi connectivity index (χ2n) is 4.84. The minimum atomic E-state index is -4.39. The lowest BCUT2D eigenvalue weighted by atomic mass is 10.0. The van der Waals surface area contributed by atoms with Gasteiger partial charge in [0.2, 0.25) is 0 Å². The highest BCUT2D eigenvalue weighted by Gasteiger charge is 2.33. The van der Waals surface area contributed by atoms with Gasteiger partial charge in [-0.1, -0.05) is 71.2 Å². The summed E-state index contributed by atoms with van der Waals surface area (Å²) < 4.78 is 30.9.